The van der Waals surface area contributed by atoms with Crippen molar-refractivity contribution in [2.75, 3.05) is 0 Å². The highest BCUT2D eigenvalue weighted by atomic mass is 16.2. The highest BCUT2D eigenvalue weighted by Crippen LogP contribution is 2.26. The molecule has 0 fully saturated rings. The van der Waals surface area contributed by atoms with Crippen molar-refractivity contribution in [2.24, 2.45) is 0 Å². The van der Waals surface area contributed by atoms with Crippen LogP contribution < -0.4 is 0 Å². The number of rotatable bonds is 3. The van der Waals surface area contributed by atoms with E-state index in [9.17, 15) is 4.79 Å². The van der Waals surface area contributed by atoms with E-state index in [1.165, 1.54) is 10.2 Å². The van der Waals surface area contributed by atoms with Crippen LogP contribution in [0.2, 0.25) is 0 Å². The monoisotopic (exact) mass is 355 g/mol. The summed E-state index contributed by atoms with van der Waals surface area (Å²) in [6, 6.07) is 19.9. The van der Waals surface area contributed by atoms with Crippen molar-refractivity contribution in [3.05, 3.63) is 83.2 Å². The predicted molar refractivity (Wildman–Crippen MR) is 108 cm³/mol. The Bertz CT molecular complexity index is 1140. The van der Waals surface area contributed by atoms with Gasteiger partial charge in [-0.2, -0.15) is 5.10 Å². The number of nitrogens with zero attached hydrogens (tertiary/aromatic N) is 3. The molecule has 4 nitrogen and oxygen atoms in total. The largest absolute Gasteiger partial charge is 0.279 e. The van der Waals surface area contributed by atoms with Gasteiger partial charge in [-0.3, -0.25) is 4.79 Å². The second-order valence-electron chi connectivity index (χ2n) is 6.77. The van der Waals surface area contributed by atoms with E-state index in [-0.39, 0.29) is 5.91 Å². The highest BCUT2D eigenvalue weighted by molar-refractivity contribution is 6.08. The molecule has 0 amide bonds. The van der Waals surface area contributed by atoms with Gasteiger partial charge < -0.3 is 0 Å². The SMILES string of the molecule is CCc1ccc(-c2cc(C(=O)n3nc(C)cc3C)c3ccccc3n2)cc1. The van der Waals surface area contributed by atoms with Gasteiger partial charge in [0, 0.05) is 16.6 Å². The fourth-order valence-electron chi connectivity index (χ4n) is 3.36. The number of aryl methyl sites for hydroxylation is 3. The molecular weight excluding hydrogens is 334 g/mol. The van der Waals surface area contributed by atoms with Crippen molar-refractivity contribution >= 4 is 16.8 Å². The highest BCUT2D eigenvalue weighted by Gasteiger charge is 2.18. The molecule has 0 bridgehead atoms. The lowest BCUT2D eigenvalue weighted by molar-refractivity contribution is 0.0944. The Labute approximate surface area is 158 Å². The summed E-state index contributed by atoms with van der Waals surface area (Å²) in [5.74, 6) is -0.134. The van der Waals surface area contributed by atoms with E-state index in [0.717, 1.165) is 40.0 Å². The van der Waals surface area contributed by atoms with Gasteiger partial charge in [-0.25, -0.2) is 9.67 Å². The molecule has 0 spiro atoms. The fraction of sp³-hybridized carbons (Fsp3) is 0.174. The fourth-order valence-corrected chi connectivity index (χ4v) is 3.36. The van der Waals surface area contributed by atoms with Crippen LogP contribution in [0.3, 0.4) is 0 Å². The maximum Gasteiger partial charge on any atom is 0.279 e. The van der Waals surface area contributed by atoms with Crippen molar-refractivity contribution in [3.8, 4) is 11.3 Å². The number of benzene rings is 2. The quantitative estimate of drug-likeness (QED) is 0.521. The van der Waals surface area contributed by atoms with Gasteiger partial charge in [0.05, 0.1) is 22.5 Å². The molecule has 27 heavy (non-hydrogen) atoms. The average Bonchev–Trinajstić information content (AvgIpc) is 3.04. The van der Waals surface area contributed by atoms with Gasteiger partial charge >= 0.3 is 0 Å². The summed E-state index contributed by atoms with van der Waals surface area (Å²) in [6.07, 6.45) is 0.993. The Balaban J connectivity index is 1.90. The van der Waals surface area contributed by atoms with E-state index in [4.69, 9.17) is 4.98 Å². The normalized spacial score (nSPS) is 11.1. The van der Waals surface area contributed by atoms with E-state index < -0.39 is 0 Å². The van der Waals surface area contributed by atoms with Gasteiger partial charge in [0.15, 0.2) is 0 Å². The van der Waals surface area contributed by atoms with E-state index in [0.29, 0.717) is 5.56 Å². The molecule has 0 saturated heterocycles. The van der Waals surface area contributed by atoms with Gasteiger partial charge in [0.25, 0.3) is 5.91 Å². The molecule has 134 valence electrons. The van der Waals surface area contributed by atoms with Crippen molar-refractivity contribution < 1.29 is 4.79 Å². The Morgan fingerprint density at radius 1 is 1.00 bits per heavy atom. The number of fused-ring (bicyclic) bond motifs is 1. The van der Waals surface area contributed by atoms with Gasteiger partial charge in [0.2, 0.25) is 0 Å². The Morgan fingerprint density at radius 2 is 1.74 bits per heavy atom. The molecule has 0 aliphatic heterocycles. The molecule has 0 radical (unpaired) electrons. The zero-order chi connectivity index (χ0) is 19.0. The van der Waals surface area contributed by atoms with Gasteiger partial charge in [-0.05, 0) is 44.0 Å². The molecule has 2 aromatic heterocycles. The lowest BCUT2D eigenvalue weighted by atomic mass is 10.0. The van der Waals surface area contributed by atoms with E-state index in [1.54, 1.807) is 0 Å². The number of hydrogen-bond acceptors (Lipinski definition) is 3. The van der Waals surface area contributed by atoms with Gasteiger partial charge in [-0.1, -0.05) is 49.4 Å². The second kappa shape index (κ2) is 6.80. The third-order valence-electron chi connectivity index (χ3n) is 4.81. The first kappa shape index (κ1) is 17.2. The van der Waals surface area contributed by atoms with Crippen LogP contribution >= 0.6 is 0 Å². The lowest BCUT2D eigenvalue weighted by Gasteiger charge is -2.10. The summed E-state index contributed by atoms with van der Waals surface area (Å²) in [5, 5.41) is 5.20. The van der Waals surface area contributed by atoms with Crippen LogP contribution in [-0.4, -0.2) is 20.7 Å². The first-order chi connectivity index (χ1) is 13.1. The maximum atomic E-state index is 13.3. The number of hydrogen-bond donors (Lipinski definition) is 0. The Hall–Kier alpha value is -3.27. The molecule has 0 aliphatic rings. The molecule has 4 aromatic rings. The number of pyridine rings is 1. The van der Waals surface area contributed by atoms with Crippen molar-refractivity contribution in [3.63, 3.8) is 0 Å². The molecule has 0 aliphatic carbocycles. The maximum absolute atomic E-state index is 13.3. The number of carbonyl (C=O) groups excluding carboxylic acids is 1. The molecular formula is C23H21N3O. The van der Waals surface area contributed by atoms with Crippen LogP contribution in [-0.2, 0) is 6.42 Å². The van der Waals surface area contributed by atoms with Gasteiger partial charge in [0.1, 0.15) is 0 Å². The molecule has 2 aromatic carbocycles. The summed E-state index contributed by atoms with van der Waals surface area (Å²) < 4.78 is 1.47. The van der Waals surface area contributed by atoms with E-state index >= 15 is 0 Å². The second-order valence-corrected chi connectivity index (χ2v) is 6.77. The zero-order valence-corrected chi connectivity index (χ0v) is 15.7. The van der Waals surface area contributed by atoms with Crippen LogP contribution in [0.5, 0.6) is 0 Å². The zero-order valence-electron chi connectivity index (χ0n) is 15.7. The molecule has 0 saturated carbocycles. The standard InChI is InChI=1S/C23H21N3O/c1-4-17-9-11-18(12-10-17)22-14-20(19-7-5-6-8-21(19)24-22)23(27)26-16(3)13-15(2)25-26/h5-14H,4H2,1-3H3. The summed E-state index contributed by atoms with van der Waals surface area (Å²) in [4.78, 5) is 18.0. The summed E-state index contributed by atoms with van der Waals surface area (Å²) in [6.45, 7) is 5.92. The average molecular weight is 355 g/mol. The number of aromatic nitrogens is 3. The van der Waals surface area contributed by atoms with Crippen molar-refractivity contribution in [1.29, 1.82) is 0 Å². The first-order valence-electron chi connectivity index (χ1n) is 9.14. The molecule has 4 heteroatoms. The summed E-state index contributed by atoms with van der Waals surface area (Å²) in [7, 11) is 0. The minimum absolute atomic E-state index is 0.134. The molecule has 4 rings (SSSR count). The third kappa shape index (κ3) is 3.14. The van der Waals surface area contributed by atoms with Crippen LogP contribution in [0.15, 0.2) is 60.7 Å². The van der Waals surface area contributed by atoms with Crippen molar-refractivity contribution in [1.82, 2.24) is 14.8 Å². The number of carbonyl (C=O) groups is 1. The third-order valence-corrected chi connectivity index (χ3v) is 4.81. The molecule has 0 unspecified atom stereocenters. The van der Waals surface area contributed by atoms with Crippen LogP contribution in [0.1, 0.15) is 34.2 Å². The molecule has 0 N–H and O–H groups in total. The topological polar surface area (TPSA) is 47.8 Å². The predicted octanol–water partition coefficient (Wildman–Crippen LogP) is 4.97. The smallest absolute Gasteiger partial charge is 0.267 e. The minimum Gasteiger partial charge on any atom is -0.267 e. The Kier molecular flexibility index (Phi) is 4.32. The van der Waals surface area contributed by atoms with Crippen LogP contribution in [0.25, 0.3) is 22.2 Å². The molecule has 2 heterocycles. The summed E-state index contributed by atoms with van der Waals surface area (Å²) >= 11 is 0. The molecule has 0 atom stereocenters. The minimum atomic E-state index is -0.134. The van der Waals surface area contributed by atoms with Crippen LogP contribution in [0.4, 0.5) is 0 Å². The Morgan fingerprint density at radius 3 is 2.41 bits per heavy atom. The van der Waals surface area contributed by atoms with Crippen molar-refractivity contribution in [2.45, 2.75) is 27.2 Å². The number of para-hydroxylation sites is 1. The van der Waals surface area contributed by atoms with Gasteiger partial charge in [-0.15, -0.1) is 0 Å². The van der Waals surface area contributed by atoms with Crippen LogP contribution in [0, 0.1) is 13.8 Å². The van der Waals surface area contributed by atoms with E-state index in [2.05, 4.69) is 36.3 Å². The first-order valence-corrected chi connectivity index (χ1v) is 9.14. The van der Waals surface area contributed by atoms with E-state index in [1.807, 2.05) is 50.2 Å². The lowest BCUT2D eigenvalue weighted by Crippen LogP contribution is -2.16. The summed E-state index contributed by atoms with van der Waals surface area (Å²) in [5.41, 5.74) is 6.14.